The molecule has 3 nitrogen and oxygen atoms in total. The Kier molecular flexibility index (Phi) is 3.40. The van der Waals surface area contributed by atoms with Gasteiger partial charge in [-0.1, -0.05) is 12.1 Å². The van der Waals surface area contributed by atoms with E-state index in [4.69, 9.17) is 4.74 Å². The van der Waals surface area contributed by atoms with Crippen LogP contribution in [0, 0.1) is 0 Å². The summed E-state index contributed by atoms with van der Waals surface area (Å²) in [5.41, 5.74) is 0.964. The number of carbonyl (C=O) groups excluding carboxylic acids is 1. The summed E-state index contributed by atoms with van der Waals surface area (Å²) in [6, 6.07) is 11.2. The number of methoxy groups -OCH3 is 1. The summed E-state index contributed by atoms with van der Waals surface area (Å²) in [4.78, 5) is 11.7. The van der Waals surface area contributed by atoms with Crippen LogP contribution in [-0.2, 0) is 0 Å². The highest BCUT2D eigenvalue weighted by atomic mass is 16.5. The van der Waals surface area contributed by atoms with E-state index in [1.54, 1.807) is 31.7 Å². The molecule has 1 aromatic heterocycles. The summed E-state index contributed by atoms with van der Waals surface area (Å²) < 4.78 is 6.59. The molecule has 0 spiro atoms. The van der Waals surface area contributed by atoms with Crippen LogP contribution in [0.25, 0.3) is 6.08 Å². The van der Waals surface area contributed by atoms with Gasteiger partial charge in [0.2, 0.25) is 0 Å². The van der Waals surface area contributed by atoms with Crippen molar-refractivity contribution in [2.75, 3.05) is 7.11 Å². The first-order chi connectivity index (χ1) is 8.29. The largest absolute Gasteiger partial charge is 0.497 e. The van der Waals surface area contributed by atoms with Crippen molar-refractivity contribution < 1.29 is 9.53 Å². The van der Waals surface area contributed by atoms with Crippen LogP contribution in [0.2, 0.25) is 0 Å². The topological polar surface area (TPSA) is 31.2 Å². The highest BCUT2D eigenvalue weighted by Gasteiger charge is 1.97. The molecule has 0 aliphatic heterocycles. The van der Waals surface area contributed by atoms with Crippen LogP contribution >= 0.6 is 0 Å². The van der Waals surface area contributed by atoms with E-state index in [2.05, 4.69) is 0 Å². The van der Waals surface area contributed by atoms with Crippen LogP contribution < -0.4 is 4.74 Å². The summed E-state index contributed by atoms with van der Waals surface area (Å²) in [5, 5.41) is 0. The fraction of sp³-hybridized carbons (Fsp3) is 0.0714. The molecule has 2 aromatic rings. The molecule has 3 heteroatoms. The molecule has 0 radical (unpaired) electrons. The third-order valence-corrected chi connectivity index (χ3v) is 2.39. The number of benzene rings is 1. The maximum absolute atomic E-state index is 11.7. The molecular weight excluding hydrogens is 214 g/mol. The molecule has 0 fully saturated rings. The Balaban J connectivity index is 2.07. The number of rotatable bonds is 3. The minimum absolute atomic E-state index is 0.0641. The monoisotopic (exact) mass is 227 g/mol. The van der Waals surface area contributed by atoms with Gasteiger partial charge in [-0.2, -0.15) is 0 Å². The molecule has 0 aliphatic rings. The maximum Gasteiger partial charge on any atom is 0.254 e. The first-order valence-electron chi connectivity index (χ1n) is 5.29. The number of allylic oxidation sites excluding steroid dienone is 1. The van der Waals surface area contributed by atoms with Gasteiger partial charge in [0, 0.05) is 18.5 Å². The molecule has 86 valence electrons. The Hall–Kier alpha value is -2.29. The molecule has 0 amide bonds. The minimum Gasteiger partial charge on any atom is -0.497 e. The lowest BCUT2D eigenvalue weighted by Gasteiger charge is -1.99. The number of carbonyl (C=O) groups is 1. The molecule has 0 atom stereocenters. The zero-order valence-corrected chi connectivity index (χ0v) is 9.54. The van der Waals surface area contributed by atoms with Gasteiger partial charge in [-0.25, -0.2) is 0 Å². The van der Waals surface area contributed by atoms with Gasteiger partial charge in [-0.05, 0) is 35.9 Å². The molecule has 17 heavy (non-hydrogen) atoms. The number of nitrogens with zero attached hydrogens (tertiary/aromatic N) is 1. The summed E-state index contributed by atoms with van der Waals surface area (Å²) in [6.07, 6.45) is 6.77. The first kappa shape index (κ1) is 11.2. The van der Waals surface area contributed by atoms with Gasteiger partial charge < -0.3 is 4.74 Å². The van der Waals surface area contributed by atoms with Gasteiger partial charge in [0.05, 0.1) is 7.11 Å². The molecule has 0 bridgehead atoms. The Bertz CT molecular complexity index is 510. The molecule has 1 aromatic carbocycles. The second-order valence-corrected chi connectivity index (χ2v) is 3.54. The number of ether oxygens (including phenoxy) is 1. The van der Waals surface area contributed by atoms with Gasteiger partial charge in [0.15, 0.2) is 0 Å². The quantitative estimate of drug-likeness (QED) is 0.755. The average Bonchev–Trinajstić information content (AvgIpc) is 2.90. The zero-order valence-electron chi connectivity index (χ0n) is 9.54. The lowest BCUT2D eigenvalue weighted by Crippen LogP contribution is -2.03. The Morgan fingerprint density at radius 1 is 1.18 bits per heavy atom. The van der Waals surface area contributed by atoms with Crippen LogP contribution in [0.15, 0.2) is 54.9 Å². The second kappa shape index (κ2) is 5.16. The summed E-state index contributed by atoms with van der Waals surface area (Å²) >= 11 is 0. The van der Waals surface area contributed by atoms with Crippen molar-refractivity contribution in [3.63, 3.8) is 0 Å². The van der Waals surface area contributed by atoms with E-state index in [1.165, 1.54) is 4.57 Å². The molecule has 1 heterocycles. The van der Waals surface area contributed by atoms with E-state index in [0.29, 0.717) is 0 Å². The number of aromatic nitrogens is 1. The van der Waals surface area contributed by atoms with E-state index in [0.717, 1.165) is 11.3 Å². The van der Waals surface area contributed by atoms with Gasteiger partial charge in [-0.15, -0.1) is 0 Å². The highest BCUT2D eigenvalue weighted by Crippen LogP contribution is 2.12. The van der Waals surface area contributed by atoms with E-state index < -0.39 is 0 Å². The molecule has 0 unspecified atom stereocenters. The highest BCUT2D eigenvalue weighted by molar-refractivity contribution is 5.93. The van der Waals surface area contributed by atoms with Crippen molar-refractivity contribution >= 4 is 12.0 Å². The Morgan fingerprint density at radius 3 is 2.41 bits per heavy atom. The van der Waals surface area contributed by atoms with Crippen molar-refractivity contribution in [1.29, 1.82) is 0 Å². The Morgan fingerprint density at radius 2 is 1.82 bits per heavy atom. The fourth-order valence-corrected chi connectivity index (χ4v) is 1.45. The fourth-order valence-electron chi connectivity index (χ4n) is 1.45. The van der Waals surface area contributed by atoms with E-state index in [9.17, 15) is 4.79 Å². The third-order valence-electron chi connectivity index (χ3n) is 2.39. The summed E-state index contributed by atoms with van der Waals surface area (Å²) in [6.45, 7) is 0. The van der Waals surface area contributed by atoms with E-state index in [1.807, 2.05) is 36.4 Å². The average molecular weight is 227 g/mol. The second-order valence-electron chi connectivity index (χ2n) is 3.54. The minimum atomic E-state index is -0.0641. The van der Waals surface area contributed by atoms with Crippen LogP contribution in [0.4, 0.5) is 0 Å². The predicted molar refractivity (Wildman–Crippen MR) is 67.1 cm³/mol. The van der Waals surface area contributed by atoms with Crippen LogP contribution in [0.3, 0.4) is 0 Å². The summed E-state index contributed by atoms with van der Waals surface area (Å²) in [5.74, 6) is 0.740. The molecule has 2 rings (SSSR count). The molecule has 0 saturated heterocycles. The zero-order chi connectivity index (χ0) is 12.1. The molecule has 0 N–H and O–H groups in total. The van der Waals surface area contributed by atoms with Gasteiger partial charge in [0.1, 0.15) is 5.75 Å². The van der Waals surface area contributed by atoms with Crippen LogP contribution in [0.1, 0.15) is 10.4 Å². The van der Waals surface area contributed by atoms with Crippen molar-refractivity contribution in [3.8, 4) is 5.75 Å². The Labute approximate surface area is 100.0 Å². The lowest BCUT2D eigenvalue weighted by molar-refractivity contribution is 0.0970. The standard InChI is InChI=1S/C14H13NO2/c1-17-13-7-4-12(5-8-13)6-9-14(16)15-10-2-3-11-15/h2-11H,1H3. The molecule has 0 saturated carbocycles. The van der Waals surface area contributed by atoms with Gasteiger partial charge >= 0.3 is 0 Å². The maximum atomic E-state index is 11.7. The third kappa shape index (κ3) is 2.84. The van der Waals surface area contributed by atoms with Crippen molar-refractivity contribution in [2.45, 2.75) is 0 Å². The predicted octanol–water partition coefficient (Wildman–Crippen LogP) is 2.85. The normalized spacial score (nSPS) is 10.6. The van der Waals surface area contributed by atoms with Crippen LogP contribution in [-0.4, -0.2) is 17.6 Å². The van der Waals surface area contributed by atoms with Crippen molar-refractivity contribution in [3.05, 3.63) is 60.4 Å². The molecule has 0 aliphatic carbocycles. The van der Waals surface area contributed by atoms with Crippen LogP contribution in [0.5, 0.6) is 5.75 Å². The number of hydrogen-bond donors (Lipinski definition) is 0. The van der Waals surface area contributed by atoms with Crippen molar-refractivity contribution in [1.82, 2.24) is 4.57 Å². The lowest BCUT2D eigenvalue weighted by atomic mass is 10.2. The SMILES string of the molecule is COc1ccc(C=CC(=O)n2cccc2)cc1. The number of hydrogen-bond acceptors (Lipinski definition) is 2. The molecular formula is C14H13NO2. The first-order valence-corrected chi connectivity index (χ1v) is 5.29. The summed E-state index contributed by atoms with van der Waals surface area (Å²) in [7, 11) is 1.63. The van der Waals surface area contributed by atoms with E-state index >= 15 is 0 Å². The van der Waals surface area contributed by atoms with Crippen molar-refractivity contribution in [2.24, 2.45) is 0 Å². The smallest absolute Gasteiger partial charge is 0.254 e. The van der Waals surface area contributed by atoms with Gasteiger partial charge in [-0.3, -0.25) is 9.36 Å². The van der Waals surface area contributed by atoms with Gasteiger partial charge in [0.25, 0.3) is 5.91 Å². The van der Waals surface area contributed by atoms with E-state index in [-0.39, 0.29) is 5.91 Å².